The van der Waals surface area contributed by atoms with Crippen LogP contribution in [-0.4, -0.2) is 17.7 Å². The van der Waals surface area contributed by atoms with Crippen LogP contribution in [0.15, 0.2) is 27.3 Å². The lowest BCUT2D eigenvalue weighted by atomic mass is 10.2. The number of nitrogens with zero attached hydrogens (tertiary/aromatic N) is 1. The minimum atomic E-state index is -0.464. The Morgan fingerprint density at radius 1 is 1.47 bits per heavy atom. The van der Waals surface area contributed by atoms with Gasteiger partial charge in [0.15, 0.2) is 5.69 Å². The van der Waals surface area contributed by atoms with Gasteiger partial charge in [-0.3, -0.25) is 0 Å². The highest BCUT2D eigenvalue weighted by molar-refractivity contribution is 5.88. The van der Waals surface area contributed by atoms with Gasteiger partial charge in [0.2, 0.25) is 0 Å². The summed E-state index contributed by atoms with van der Waals surface area (Å²) in [7, 11) is 0. The number of esters is 1. The Labute approximate surface area is 110 Å². The van der Waals surface area contributed by atoms with E-state index in [-0.39, 0.29) is 5.69 Å². The van der Waals surface area contributed by atoms with E-state index in [4.69, 9.17) is 13.7 Å². The summed E-state index contributed by atoms with van der Waals surface area (Å²) in [5, 5.41) is 6.90. The molecular weight excluding hydrogens is 248 g/mol. The van der Waals surface area contributed by atoms with Crippen LogP contribution in [-0.2, 0) is 17.8 Å². The minimum Gasteiger partial charge on any atom is -0.468 e. The number of nitrogens with one attached hydrogen (secondary N) is 1. The van der Waals surface area contributed by atoms with Gasteiger partial charge >= 0.3 is 5.97 Å². The summed E-state index contributed by atoms with van der Waals surface area (Å²) >= 11 is 0. The molecule has 0 amide bonds. The lowest BCUT2D eigenvalue weighted by Gasteiger charge is -2.03. The summed E-state index contributed by atoms with van der Waals surface area (Å²) in [5.41, 5.74) is 0.941. The average molecular weight is 264 g/mol. The molecule has 2 aromatic heterocycles. The summed E-state index contributed by atoms with van der Waals surface area (Å²) in [6, 6.07) is 3.70. The van der Waals surface area contributed by atoms with Crippen molar-refractivity contribution in [3.8, 4) is 0 Å². The second-order valence-electron chi connectivity index (χ2n) is 3.97. The van der Waals surface area contributed by atoms with Gasteiger partial charge < -0.3 is 19.0 Å². The van der Waals surface area contributed by atoms with Crippen LogP contribution in [0.1, 0.15) is 34.5 Å². The normalized spacial score (nSPS) is 10.6. The molecule has 0 aliphatic rings. The fourth-order valence-electron chi connectivity index (χ4n) is 1.68. The molecule has 102 valence electrons. The smallest absolute Gasteiger partial charge is 0.360 e. The van der Waals surface area contributed by atoms with Crippen LogP contribution in [0.25, 0.3) is 0 Å². The van der Waals surface area contributed by atoms with E-state index in [9.17, 15) is 4.79 Å². The van der Waals surface area contributed by atoms with E-state index >= 15 is 0 Å². The van der Waals surface area contributed by atoms with Crippen molar-refractivity contribution in [2.75, 3.05) is 6.61 Å². The molecule has 19 heavy (non-hydrogen) atoms. The lowest BCUT2D eigenvalue weighted by molar-refractivity contribution is 0.0513. The van der Waals surface area contributed by atoms with Crippen molar-refractivity contribution < 1.29 is 18.5 Å². The van der Waals surface area contributed by atoms with Crippen molar-refractivity contribution >= 4 is 5.97 Å². The van der Waals surface area contributed by atoms with Crippen molar-refractivity contribution in [1.82, 2.24) is 10.5 Å². The van der Waals surface area contributed by atoms with E-state index in [1.54, 1.807) is 20.1 Å². The van der Waals surface area contributed by atoms with Crippen molar-refractivity contribution in [2.45, 2.75) is 26.9 Å². The predicted octanol–water partition coefficient (Wildman–Crippen LogP) is 2.04. The molecule has 0 unspecified atom stereocenters. The van der Waals surface area contributed by atoms with E-state index in [0.717, 1.165) is 5.76 Å². The van der Waals surface area contributed by atoms with Gasteiger partial charge in [0.25, 0.3) is 0 Å². The highest BCUT2D eigenvalue weighted by Crippen LogP contribution is 2.14. The van der Waals surface area contributed by atoms with Gasteiger partial charge in [0.1, 0.15) is 11.5 Å². The molecule has 0 spiro atoms. The maximum absolute atomic E-state index is 11.7. The fourth-order valence-corrected chi connectivity index (χ4v) is 1.68. The van der Waals surface area contributed by atoms with Crippen LogP contribution in [0.3, 0.4) is 0 Å². The Morgan fingerprint density at radius 2 is 2.32 bits per heavy atom. The van der Waals surface area contributed by atoms with Gasteiger partial charge in [0, 0.05) is 12.1 Å². The molecule has 6 nitrogen and oxygen atoms in total. The largest absolute Gasteiger partial charge is 0.468 e. The second kappa shape index (κ2) is 6.19. The number of aryl methyl sites for hydroxylation is 1. The zero-order valence-corrected chi connectivity index (χ0v) is 10.9. The molecule has 6 heteroatoms. The third-order valence-corrected chi connectivity index (χ3v) is 2.63. The highest BCUT2D eigenvalue weighted by atomic mass is 16.5. The topological polar surface area (TPSA) is 77.5 Å². The average Bonchev–Trinajstić information content (AvgIpc) is 3.01. The third kappa shape index (κ3) is 3.23. The predicted molar refractivity (Wildman–Crippen MR) is 66.4 cm³/mol. The van der Waals surface area contributed by atoms with Crippen LogP contribution in [0.4, 0.5) is 0 Å². The van der Waals surface area contributed by atoms with E-state index in [1.165, 1.54) is 0 Å². The quantitative estimate of drug-likeness (QED) is 0.804. The molecule has 2 rings (SSSR count). The number of rotatable bonds is 6. The Morgan fingerprint density at radius 3 is 3.00 bits per heavy atom. The van der Waals surface area contributed by atoms with Gasteiger partial charge in [-0.25, -0.2) is 4.79 Å². The molecule has 0 saturated heterocycles. The Bertz CT molecular complexity index is 531. The molecule has 2 heterocycles. The minimum absolute atomic E-state index is 0.228. The SMILES string of the molecule is CCOC(=O)c1noc(C)c1CNCc1ccco1. The number of furan rings is 1. The Kier molecular flexibility index (Phi) is 4.35. The van der Waals surface area contributed by atoms with Crippen LogP contribution < -0.4 is 5.32 Å². The molecule has 0 aliphatic carbocycles. The molecule has 0 bridgehead atoms. The van der Waals surface area contributed by atoms with Crippen molar-refractivity contribution in [3.05, 3.63) is 41.2 Å². The van der Waals surface area contributed by atoms with Gasteiger partial charge in [-0.2, -0.15) is 0 Å². The first-order valence-corrected chi connectivity index (χ1v) is 6.07. The molecule has 0 radical (unpaired) electrons. The summed E-state index contributed by atoms with van der Waals surface area (Å²) < 4.78 is 15.2. The first-order valence-electron chi connectivity index (χ1n) is 6.07. The first kappa shape index (κ1) is 13.4. The number of aromatic nitrogens is 1. The maximum atomic E-state index is 11.7. The molecule has 0 aromatic carbocycles. The third-order valence-electron chi connectivity index (χ3n) is 2.63. The van der Waals surface area contributed by atoms with Crippen LogP contribution in [0.5, 0.6) is 0 Å². The van der Waals surface area contributed by atoms with Gasteiger partial charge in [-0.15, -0.1) is 0 Å². The Balaban J connectivity index is 1.99. The zero-order chi connectivity index (χ0) is 13.7. The number of carbonyl (C=O) groups excluding carboxylic acids is 1. The summed E-state index contributed by atoms with van der Waals surface area (Å²) in [5.74, 6) is 0.968. The van der Waals surface area contributed by atoms with E-state index in [2.05, 4.69) is 10.5 Å². The summed E-state index contributed by atoms with van der Waals surface area (Å²) in [4.78, 5) is 11.7. The Hall–Kier alpha value is -2.08. The van der Waals surface area contributed by atoms with Crippen molar-refractivity contribution in [3.63, 3.8) is 0 Å². The fraction of sp³-hybridized carbons (Fsp3) is 0.385. The molecule has 2 aromatic rings. The van der Waals surface area contributed by atoms with E-state index in [0.29, 0.717) is 31.0 Å². The molecule has 0 saturated carbocycles. The van der Waals surface area contributed by atoms with Crippen molar-refractivity contribution in [2.24, 2.45) is 0 Å². The summed E-state index contributed by atoms with van der Waals surface area (Å²) in [6.07, 6.45) is 1.62. The van der Waals surface area contributed by atoms with Gasteiger partial charge in [0.05, 0.1) is 19.4 Å². The molecule has 0 atom stereocenters. The van der Waals surface area contributed by atoms with E-state index in [1.807, 2.05) is 12.1 Å². The van der Waals surface area contributed by atoms with Crippen LogP contribution in [0.2, 0.25) is 0 Å². The monoisotopic (exact) mass is 264 g/mol. The van der Waals surface area contributed by atoms with Gasteiger partial charge in [-0.1, -0.05) is 5.16 Å². The first-order chi connectivity index (χ1) is 9.22. The zero-order valence-electron chi connectivity index (χ0n) is 10.9. The highest BCUT2D eigenvalue weighted by Gasteiger charge is 2.20. The van der Waals surface area contributed by atoms with Crippen LogP contribution in [0, 0.1) is 6.92 Å². The number of carbonyl (C=O) groups is 1. The number of hydrogen-bond donors (Lipinski definition) is 1. The molecular formula is C13H16N2O4. The number of ether oxygens (including phenoxy) is 1. The van der Waals surface area contributed by atoms with Gasteiger partial charge in [-0.05, 0) is 26.0 Å². The lowest BCUT2D eigenvalue weighted by Crippen LogP contribution is -2.16. The molecule has 1 N–H and O–H groups in total. The molecule has 0 aliphatic heterocycles. The molecule has 0 fully saturated rings. The summed E-state index contributed by atoms with van der Waals surface area (Å²) in [6.45, 7) is 4.85. The standard InChI is InChI=1S/C13H16N2O4/c1-3-17-13(16)12-11(9(2)19-15-12)8-14-7-10-5-4-6-18-10/h4-6,14H,3,7-8H2,1-2H3. The van der Waals surface area contributed by atoms with E-state index < -0.39 is 5.97 Å². The maximum Gasteiger partial charge on any atom is 0.360 e. The number of hydrogen-bond acceptors (Lipinski definition) is 6. The second-order valence-corrected chi connectivity index (χ2v) is 3.97. The van der Waals surface area contributed by atoms with Crippen molar-refractivity contribution in [1.29, 1.82) is 0 Å². The van der Waals surface area contributed by atoms with Crippen LogP contribution >= 0.6 is 0 Å².